The summed E-state index contributed by atoms with van der Waals surface area (Å²) in [5.41, 5.74) is 6.35. The fourth-order valence-corrected chi connectivity index (χ4v) is 2.25. The van der Waals surface area contributed by atoms with Gasteiger partial charge in [0.15, 0.2) is 0 Å². The SMILES string of the molecule is CCOc1ccc2cc(S(=O)(=O)[O-])ccc2c1N.[Na]. The fourth-order valence-electron chi connectivity index (χ4n) is 1.75. The molecule has 0 atom stereocenters. The van der Waals surface area contributed by atoms with Crippen LogP contribution in [0.5, 0.6) is 5.75 Å². The van der Waals surface area contributed by atoms with E-state index in [0.717, 1.165) is 0 Å². The summed E-state index contributed by atoms with van der Waals surface area (Å²) in [4.78, 5) is -0.265. The van der Waals surface area contributed by atoms with Crippen LogP contribution in [0.2, 0.25) is 0 Å². The molecule has 0 unspecified atom stereocenters. The van der Waals surface area contributed by atoms with E-state index < -0.39 is 10.1 Å². The van der Waals surface area contributed by atoms with Gasteiger partial charge in [0.25, 0.3) is 0 Å². The Labute approximate surface area is 133 Å². The Bertz CT molecular complexity index is 700. The molecule has 0 heterocycles. The van der Waals surface area contributed by atoms with E-state index in [9.17, 15) is 13.0 Å². The summed E-state index contributed by atoms with van der Waals surface area (Å²) in [6.45, 7) is 2.33. The van der Waals surface area contributed by atoms with Gasteiger partial charge in [-0.3, -0.25) is 0 Å². The van der Waals surface area contributed by atoms with Crippen molar-refractivity contribution in [3.8, 4) is 5.75 Å². The van der Waals surface area contributed by atoms with E-state index in [-0.39, 0.29) is 34.5 Å². The second-order valence-electron chi connectivity index (χ2n) is 3.75. The maximum Gasteiger partial charge on any atom is 0.142 e. The van der Waals surface area contributed by atoms with Crippen LogP contribution in [0.15, 0.2) is 35.2 Å². The number of nitrogens with two attached hydrogens (primary N) is 1. The van der Waals surface area contributed by atoms with Crippen LogP contribution in [0.3, 0.4) is 0 Å². The van der Waals surface area contributed by atoms with Crippen LogP contribution in [-0.2, 0) is 10.1 Å². The van der Waals surface area contributed by atoms with Gasteiger partial charge in [0.05, 0.1) is 17.2 Å². The summed E-state index contributed by atoms with van der Waals surface area (Å²) in [6, 6.07) is 7.40. The van der Waals surface area contributed by atoms with E-state index in [2.05, 4.69) is 0 Å². The van der Waals surface area contributed by atoms with E-state index in [1.54, 1.807) is 12.1 Å². The van der Waals surface area contributed by atoms with Gasteiger partial charge in [-0.1, -0.05) is 12.1 Å². The number of fused-ring (bicyclic) bond motifs is 1. The molecule has 7 heteroatoms. The first-order chi connectivity index (χ1) is 8.43. The van der Waals surface area contributed by atoms with Crippen LogP contribution < -0.4 is 10.5 Å². The van der Waals surface area contributed by atoms with Crippen molar-refractivity contribution in [1.82, 2.24) is 0 Å². The molecule has 0 bridgehead atoms. The van der Waals surface area contributed by atoms with Crippen LogP contribution in [0, 0.1) is 0 Å². The van der Waals surface area contributed by atoms with Gasteiger partial charge in [0, 0.05) is 34.9 Å². The van der Waals surface area contributed by atoms with Crippen molar-refractivity contribution in [2.45, 2.75) is 11.8 Å². The molecule has 0 saturated carbocycles. The molecule has 2 rings (SSSR count). The molecule has 0 aromatic heterocycles. The molecule has 2 aromatic rings. The van der Waals surface area contributed by atoms with Gasteiger partial charge in [0.1, 0.15) is 15.9 Å². The fraction of sp³-hybridized carbons (Fsp3) is 0.167. The molecule has 5 nitrogen and oxygen atoms in total. The molecule has 0 aliphatic carbocycles. The predicted octanol–water partition coefficient (Wildman–Crippen LogP) is 1.34. The first-order valence-corrected chi connectivity index (χ1v) is 6.75. The van der Waals surface area contributed by atoms with Crippen LogP contribution in [-0.4, -0.2) is 49.1 Å². The number of anilines is 1. The zero-order valence-electron chi connectivity index (χ0n) is 10.7. The Hall–Kier alpha value is -0.790. The average molecular weight is 289 g/mol. The first kappa shape index (κ1) is 16.3. The number of rotatable bonds is 3. The molecule has 97 valence electrons. The minimum atomic E-state index is -4.45. The summed E-state index contributed by atoms with van der Waals surface area (Å²) in [5, 5.41) is 1.25. The Kier molecular flexibility index (Phi) is 5.23. The molecule has 0 fully saturated rings. The van der Waals surface area contributed by atoms with Crippen LogP contribution in [0.25, 0.3) is 10.8 Å². The summed E-state index contributed by atoms with van der Waals surface area (Å²) in [5.74, 6) is 0.544. The van der Waals surface area contributed by atoms with Crippen molar-refractivity contribution in [2.24, 2.45) is 0 Å². The topological polar surface area (TPSA) is 92.5 Å². The zero-order valence-corrected chi connectivity index (χ0v) is 13.5. The predicted molar refractivity (Wildman–Crippen MR) is 73.2 cm³/mol. The summed E-state index contributed by atoms with van der Waals surface area (Å²) in [6.07, 6.45) is 0. The van der Waals surface area contributed by atoms with Crippen molar-refractivity contribution in [1.29, 1.82) is 0 Å². The standard InChI is InChI=1S/C12H13NO4S.Na/c1-2-17-11-6-3-8-7-9(18(14,15)16)4-5-10(8)12(11)13;/h3-7H,2,13H2,1H3,(H,14,15,16);/p-1. The van der Waals surface area contributed by atoms with Crippen LogP contribution in [0.4, 0.5) is 5.69 Å². The Balaban J connectivity index is 0.00000180. The van der Waals surface area contributed by atoms with Crippen molar-refractivity contribution in [3.05, 3.63) is 30.3 Å². The zero-order chi connectivity index (χ0) is 13.3. The third-order valence-electron chi connectivity index (χ3n) is 2.58. The van der Waals surface area contributed by atoms with Gasteiger partial charge in [-0.25, -0.2) is 8.42 Å². The molecule has 19 heavy (non-hydrogen) atoms. The Morgan fingerprint density at radius 3 is 2.53 bits per heavy atom. The molecule has 0 spiro atoms. The smallest absolute Gasteiger partial charge is 0.142 e. The minimum absolute atomic E-state index is 0. The minimum Gasteiger partial charge on any atom is -0.744 e. The van der Waals surface area contributed by atoms with Crippen LogP contribution >= 0.6 is 0 Å². The number of benzene rings is 2. The third kappa shape index (κ3) is 3.40. The van der Waals surface area contributed by atoms with Crippen molar-refractivity contribution in [2.75, 3.05) is 12.3 Å². The van der Waals surface area contributed by atoms with Crippen molar-refractivity contribution >= 4 is 56.1 Å². The second-order valence-corrected chi connectivity index (χ2v) is 5.13. The van der Waals surface area contributed by atoms with Gasteiger partial charge >= 0.3 is 0 Å². The first-order valence-electron chi connectivity index (χ1n) is 5.34. The van der Waals surface area contributed by atoms with Gasteiger partial charge in [-0.15, -0.1) is 0 Å². The van der Waals surface area contributed by atoms with Crippen molar-refractivity contribution in [3.63, 3.8) is 0 Å². The van der Waals surface area contributed by atoms with E-state index in [4.69, 9.17) is 10.5 Å². The van der Waals surface area contributed by atoms with Crippen molar-refractivity contribution < 1.29 is 17.7 Å². The second kappa shape index (κ2) is 6.11. The summed E-state index contributed by atoms with van der Waals surface area (Å²) in [7, 11) is -4.45. The molecule has 0 saturated heterocycles. The van der Waals surface area contributed by atoms with Gasteiger partial charge < -0.3 is 15.0 Å². The maximum atomic E-state index is 10.9. The summed E-state index contributed by atoms with van der Waals surface area (Å²) < 4.78 is 38.1. The van der Waals surface area contributed by atoms with Gasteiger partial charge in [0.2, 0.25) is 0 Å². The van der Waals surface area contributed by atoms with Gasteiger partial charge in [-0.05, 0) is 30.5 Å². The quantitative estimate of drug-likeness (QED) is 0.523. The third-order valence-corrected chi connectivity index (χ3v) is 3.41. The molecule has 0 aliphatic heterocycles. The number of hydrogen-bond donors (Lipinski definition) is 1. The normalized spacial score (nSPS) is 11.1. The Morgan fingerprint density at radius 1 is 1.26 bits per heavy atom. The average Bonchev–Trinajstić information content (AvgIpc) is 2.31. The number of ether oxygens (including phenoxy) is 1. The molecule has 2 N–H and O–H groups in total. The van der Waals surface area contributed by atoms with E-state index in [1.165, 1.54) is 18.2 Å². The number of hydrogen-bond acceptors (Lipinski definition) is 5. The molecular formula is C12H12NNaO4S-. The monoisotopic (exact) mass is 289 g/mol. The molecule has 1 radical (unpaired) electrons. The van der Waals surface area contributed by atoms with E-state index >= 15 is 0 Å². The molecule has 2 aromatic carbocycles. The molecule has 0 aliphatic rings. The van der Waals surface area contributed by atoms with E-state index in [1.807, 2.05) is 6.92 Å². The largest absolute Gasteiger partial charge is 0.744 e. The summed E-state index contributed by atoms with van der Waals surface area (Å²) >= 11 is 0. The Morgan fingerprint density at radius 2 is 1.95 bits per heavy atom. The molecule has 0 amide bonds. The molecular weight excluding hydrogens is 277 g/mol. The maximum absolute atomic E-state index is 10.9. The van der Waals surface area contributed by atoms with Crippen LogP contribution in [0.1, 0.15) is 6.92 Å². The number of nitrogen functional groups attached to an aromatic ring is 1. The van der Waals surface area contributed by atoms with E-state index in [0.29, 0.717) is 28.8 Å². The van der Waals surface area contributed by atoms with Gasteiger partial charge in [-0.2, -0.15) is 0 Å².